The molecule has 3 heterocycles. The molecule has 120 valence electrons. The molecule has 5 rings (SSSR count). The lowest BCUT2D eigenvalue weighted by Gasteiger charge is -2.21. The minimum Gasteiger partial charge on any atom is -0.454 e. The first kappa shape index (κ1) is 13.7. The summed E-state index contributed by atoms with van der Waals surface area (Å²) in [5.41, 5.74) is 4.36. The molecule has 24 heavy (non-hydrogen) atoms. The van der Waals surface area contributed by atoms with Crippen LogP contribution in [0.2, 0.25) is 0 Å². The molecule has 1 fully saturated rings. The van der Waals surface area contributed by atoms with Crippen LogP contribution in [0.4, 0.5) is 5.69 Å². The van der Waals surface area contributed by atoms with Gasteiger partial charge in [-0.1, -0.05) is 18.2 Å². The van der Waals surface area contributed by atoms with Crippen molar-refractivity contribution in [1.29, 1.82) is 0 Å². The summed E-state index contributed by atoms with van der Waals surface area (Å²) < 4.78 is 10.9. The van der Waals surface area contributed by atoms with Crippen LogP contribution in [-0.2, 0) is 0 Å². The fourth-order valence-corrected chi connectivity index (χ4v) is 3.58. The van der Waals surface area contributed by atoms with Crippen molar-refractivity contribution in [3.8, 4) is 22.8 Å². The lowest BCUT2D eigenvalue weighted by atomic mass is 10.1. The van der Waals surface area contributed by atoms with Crippen molar-refractivity contribution in [3.05, 3.63) is 48.5 Å². The Kier molecular flexibility index (Phi) is 3.08. The lowest BCUT2D eigenvalue weighted by molar-refractivity contribution is 0.174. The molecule has 3 aromatic rings. The summed E-state index contributed by atoms with van der Waals surface area (Å²) in [7, 11) is 0. The van der Waals surface area contributed by atoms with Crippen LogP contribution in [0.25, 0.3) is 22.2 Å². The molecule has 1 saturated heterocycles. The molecular weight excluding hydrogens is 300 g/mol. The van der Waals surface area contributed by atoms with Crippen LogP contribution in [0.5, 0.6) is 11.5 Å². The van der Waals surface area contributed by atoms with Crippen LogP contribution < -0.4 is 14.4 Å². The molecule has 0 bridgehead atoms. The first-order valence-electron chi connectivity index (χ1n) is 8.43. The van der Waals surface area contributed by atoms with Gasteiger partial charge in [-0.25, -0.2) is 4.98 Å². The van der Waals surface area contributed by atoms with E-state index in [0.717, 1.165) is 41.4 Å². The summed E-state index contributed by atoms with van der Waals surface area (Å²) in [6, 6.07) is 16.6. The van der Waals surface area contributed by atoms with Crippen molar-refractivity contribution < 1.29 is 9.47 Å². The van der Waals surface area contributed by atoms with Gasteiger partial charge < -0.3 is 14.4 Å². The zero-order chi connectivity index (χ0) is 15.9. The van der Waals surface area contributed by atoms with Crippen molar-refractivity contribution in [2.75, 3.05) is 24.8 Å². The van der Waals surface area contributed by atoms with Crippen molar-refractivity contribution in [3.63, 3.8) is 0 Å². The number of hydrogen-bond acceptors (Lipinski definition) is 4. The van der Waals surface area contributed by atoms with E-state index in [9.17, 15) is 0 Å². The van der Waals surface area contributed by atoms with Gasteiger partial charge in [0.05, 0.1) is 11.2 Å². The summed E-state index contributed by atoms with van der Waals surface area (Å²) in [6.07, 6.45) is 2.52. The number of rotatable bonds is 2. The van der Waals surface area contributed by atoms with Crippen LogP contribution in [0.15, 0.2) is 48.5 Å². The van der Waals surface area contributed by atoms with Gasteiger partial charge >= 0.3 is 0 Å². The van der Waals surface area contributed by atoms with Gasteiger partial charge in [-0.15, -0.1) is 0 Å². The highest BCUT2D eigenvalue weighted by atomic mass is 16.7. The van der Waals surface area contributed by atoms with E-state index >= 15 is 0 Å². The van der Waals surface area contributed by atoms with Gasteiger partial charge in [-0.05, 0) is 43.2 Å². The topological polar surface area (TPSA) is 34.6 Å². The van der Waals surface area contributed by atoms with Gasteiger partial charge in [0.2, 0.25) is 6.79 Å². The second-order valence-electron chi connectivity index (χ2n) is 6.31. The van der Waals surface area contributed by atoms with Crippen LogP contribution in [-0.4, -0.2) is 24.9 Å². The molecule has 0 unspecified atom stereocenters. The number of para-hydroxylation sites is 1. The fourth-order valence-electron chi connectivity index (χ4n) is 3.58. The molecule has 4 heteroatoms. The van der Waals surface area contributed by atoms with E-state index in [1.807, 2.05) is 18.2 Å². The van der Waals surface area contributed by atoms with E-state index in [4.69, 9.17) is 14.5 Å². The molecule has 0 aliphatic carbocycles. The maximum absolute atomic E-state index is 5.52. The summed E-state index contributed by atoms with van der Waals surface area (Å²) in [4.78, 5) is 7.35. The number of pyridine rings is 1. The van der Waals surface area contributed by atoms with Gasteiger partial charge in [0, 0.05) is 29.7 Å². The van der Waals surface area contributed by atoms with E-state index in [0.29, 0.717) is 6.79 Å². The predicted octanol–water partition coefficient (Wildman–Crippen LogP) is 4.23. The molecule has 2 aliphatic rings. The van der Waals surface area contributed by atoms with Crippen molar-refractivity contribution in [1.82, 2.24) is 4.98 Å². The highest BCUT2D eigenvalue weighted by Crippen LogP contribution is 2.38. The molecule has 0 amide bonds. The van der Waals surface area contributed by atoms with Crippen molar-refractivity contribution >= 4 is 16.6 Å². The van der Waals surface area contributed by atoms with Gasteiger partial charge in [0.1, 0.15) is 0 Å². The highest BCUT2D eigenvalue weighted by molar-refractivity contribution is 5.94. The molecule has 0 spiro atoms. The zero-order valence-electron chi connectivity index (χ0n) is 13.4. The van der Waals surface area contributed by atoms with E-state index in [1.54, 1.807) is 0 Å². The summed E-state index contributed by atoms with van der Waals surface area (Å²) in [5, 5.41) is 1.23. The normalized spacial score (nSPS) is 16.1. The zero-order valence-corrected chi connectivity index (χ0v) is 13.4. The number of hydrogen-bond donors (Lipinski definition) is 0. The third-order valence-corrected chi connectivity index (χ3v) is 4.81. The smallest absolute Gasteiger partial charge is 0.231 e. The summed E-state index contributed by atoms with van der Waals surface area (Å²) in [6.45, 7) is 2.53. The Morgan fingerprint density at radius 2 is 1.71 bits per heavy atom. The van der Waals surface area contributed by atoms with E-state index in [-0.39, 0.29) is 0 Å². The van der Waals surface area contributed by atoms with E-state index < -0.39 is 0 Å². The highest BCUT2D eigenvalue weighted by Gasteiger charge is 2.19. The Bertz CT molecular complexity index is 917. The number of nitrogens with zero attached hydrogens (tertiary/aromatic N) is 2. The van der Waals surface area contributed by atoms with E-state index in [1.165, 1.54) is 23.9 Å². The molecule has 2 aromatic carbocycles. The Balaban J connectivity index is 1.68. The SMILES string of the molecule is c1ccc2c(N3CCCC3)cc(-c3ccc4c(c3)OCO4)nc2c1. The number of aromatic nitrogens is 1. The third-order valence-electron chi connectivity index (χ3n) is 4.81. The number of benzene rings is 2. The summed E-state index contributed by atoms with van der Waals surface area (Å²) in [5.74, 6) is 1.60. The summed E-state index contributed by atoms with van der Waals surface area (Å²) >= 11 is 0. The Morgan fingerprint density at radius 3 is 2.62 bits per heavy atom. The molecule has 0 saturated carbocycles. The average molecular weight is 318 g/mol. The van der Waals surface area contributed by atoms with Crippen LogP contribution in [0.1, 0.15) is 12.8 Å². The molecule has 0 radical (unpaired) electrons. The van der Waals surface area contributed by atoms with Crippen LogP contribution >= 0.6 is 0 Å². The Hall–Kier alpha value is -2.75. The standard InChI is InChI=1S/C20H18N2O2/c1-2-6-16-15(5-1)18(22-9-3-4-10-22)12-17(21-16)14-7-8-19-20(11-14)24-13-23-19/h1-2,5-8,11-12H,3-4,9-10,13H2. The molecule has 4 nitrogen and oxygen atoms in total. The van der Waals surface area contributed by atoms with Crippen LogP contribution in [0.3, 0.4) is 0 Å². The largest absolute Gasteiger partial charge is 0.454 e. The van der Waals surface area contributed by atoms with E-state index in [2.05, 4.69) is 35.2 Å². The van der Waals surface area contributed by atoms with Gasteiger partial charge in [0.25, 0.3) is 0 Å². The Morgan fingerprint density at radius 1 is 0.875 bits per heavy atom. The maximum Gasteiger partial charge on any atom is 0.231 e. The quantitative estimate of drug-likeness (QED) is 0.708. The van der Waals surface area contributed by atoms with Crippen molar-refractivity contribution in [2.45, 2.75) is 12.8 Å². The second-order valence-corrected chi connectivity index (χ2v) is 6.31. The molecule has 0 N–H and O–H groups in total. The molecule has 1 aromatic heterocycles. The second kappa shape index (κ2) is 5.41. The number of ether oxygens (including phenoxy) is 2. The number of anilines is 1. The fraction of sp³-hybridized carbons (Fsp3) is 0.250. The predicted molar refractivity (Wildman–Crippen MR) is 94.7 cm³/mol. The third kappa shape index (κ3) is 2.18. The first-order chi connectivity index (χ1) is 11.9. The monoisotopic (exact) mass is 318 g/mol. The lowest BCUT2D eigenvalue weighted by Crippen LogP contribution is -2.18. The van der Waals surface area contributed by atoms with Gasteiger partial charge in [-0.2, -0.15) is 0 Å². The first-order valence-corrected chi connectivity index (χ1v) is 8.43. The molecule has 0 atom stereocenters. The van der Waals surface area contributed by atoms with Crippen molar-refractivity contribution in [2.24, 2.45) is 0 Å². The van der Waals surface area contributed by atoms with Crippen LogP contribution in [0, 0.1) is 0 Å². The van der Waals surface area contributed by atoms with Gasteiger partial charge in [0.15, 0.2) is 11.5 Å². The van der Waals surface area contributed by atoms with Gasteiger partial charge in [-0.3, -0.25) is 0 Å². The Labute approximate surface area is 140 Å². The molecular formula is C20H18N2O2. The minimum atomic E-state index is 0.295. The average Bonchev–Trinajstić information content (AvgIpc) is 3.31. The molecule has 2 aliphatic heterocycles. The number of fused-ring (bicyclic) bond motifs is 2. The maximum atomic E-state index is 5.52. The minimum absolute atomic E-state index is 0.295.